The quantitative estimate of drug-likeness (QED) is 0.292. The highest BCUT2D eigenvalue weighted by Gasteiger charge is 2.20. The molecule has 1 aromatic rings. The highest BCUT2D eigenvalue weighted by atomic mass is 35.5. The molecule has 0 aromatic heterocycles. The van der Waals surface area contributed by atoms with Gasteiger partial charge in [0.2, 0.25) is 0 Å². The van der Waals surface area contributed by atoms with Crippen molar-refractivity contribution in [2.24, 2.45) is 0 Å². The number of hydrogen-bond donors (Lipinski definition) is 1. The van der Waals surface area contributed by atoms with Gasteiger partial charge in [0.05, 0.1) is 15.5 Å². The molecule has 0 spiro atoms. The van der Waals surface area contributed by atoms with E-state index in [1.165, 1.54) is 0 Å². The standard InChI is InChI=1S/C9H6ClN3O4/c1-12-4-17-9(14)5-2-6(10)8(11)7(3-5)13(15)16/h2-3H,4,11H2. The van der Waals surface area contributed by atoms with E-state index in [0.29, 0.717) is 0 Å². The number of benzene rings is 1. The first-order valence-electron chi connectivity index (χ1n) is 4.21. The van der Waals surface area contributed by atoms with Gasteiger partial charge in [-0.2, -0.15) is 0 Å². The SMILES string of the molecule is [C-]#[N+]COC(=O)c1cc(Cl)c(N)c([N+](=O)[O-])c1. The Hall–Kier alpha value is -2.33. The Morgan fingerprint density at radius 1 is 1.65 bits per heavy atom. The van der Waals surface area contributed by atoms with Crippen LogP contribution in [0.25, 0.3) is 4.85 Å². The molecule has 0 heterocycles. The molecule has 1 aromatic carbocycles. The minimum Gasteiger partial charge on any atom is -0.392 e. The fourth-order valence-electron chi connectivity index (χ4n) is 1.05. The van der Waals surface area contributed by atoms with Gasteiger partial charge in [0, 0.05) is 6.07 Å². The number of anilines is 1. The van der Waals surface area contributed by atoms with Crippen molar-refractivity contribution in [3.05, 3.63) is 44.3 Å². The first-order valence-corrected chi connectivity index (χ1v) is 4.59. The number of ether oxygens (including phenoxy) is 1. The third-order valence-electron chi connectivity index (χ3n) is 1.80. The van der Waals surface area contributed by atoms with Gasteiger partial charge in [-0.1, -0.05) is 11.6 Å². The Bertz CT molecular complexity index is 524. The van der Waals surface area contributed by atoms with Crippen LogP contribution in [0.4, 0.5) is 11.4 Å². The van der Waals surface area contributed by atoms with Gasteiger partial charge in [0.25, 0.3) is 5.69 Å². The maximum absolute atomic E-state index is 11.4. The van der Waals surface area contributed by atoms with Crippen LogP contribution in [-0.4, -0.2) is 17.6 Å². The van der Waals surface area contributed by atoms with E-state index in [1.807, 2.05) is 0 Å². The van der Waals surface area contributed by atoms with E-state index >= 15 is 0 Å². The van der Waals surface area contributed by atoms with E-state index in [0.717, 1.165) is 12.1 Å². The molecule has 2 N–H and O–H groups in total. The minimum absolute atomic E-state index is 0.117. The zero-order valence-electron chi connectivity index (χ0n) is 8.34. The Kier molecular flexibility index (Phi) is 3.85. The van der Waals surface area contributed by atoms with Crippen LogP contribution in [0.5, 0.6) is 0 Å². The molecule has 0 radical (unpaired) electrons. The van der Waals surface area contributed by atoms with Gasteiger partial charge in [-0.3, -0.25) is 15.0 Å². The third kappa shape index (κ3) is 2.83. The summed E-state index contributed by atoms with van der Waals surface area (Å²) >= 11 is 5.64. The molecule has 17 heavy (non-hydrogen) atoms. The predicted molar refractivity (Wildman–Crippen MR) is 59.4 cm³/mol. The normalized spacial score (nSPS) is 9.41. The van der Waals surface area contributed by atoms with Crippen LogP contribution in [0.3, 0.4) is 0 Å². The van der Waals surface area contributed by atoms with Crippen LogP contribution in [0.1, 0.15) is 10.4 Å². The molecule has 0 bridgehead atoms. The lowest BCUT2D eigenvalue weighted by atomic mass is 10.2. The molecule has 0 aliphatic rings. The molecule has 0 aliphatic carbocycles. The van der Waals surface area contributed by atoms with Crippen molar-refractivity contribution in [2.45, 2.75) is 0 Å². The van der Waals surface area contributed by atoms with E-state index < -0.39 is 23.3 Å². The van der Waals surface area contributed by atoms with Crippen LogP contribution >= 0.6 is 11.6 Å². The molecule has 1 rings (SSSR count). The van der Waals surface area contributed by atoms with Gasteiger partial charge in [0.1, 0.15) is 5.69 Å². The fourth-order valence-corrected chi connectivity index (χ4v) is 1.26. The molecular formula is C9H6ClN3O4. The number of rotatable bonds is 3. The molecule has 0 atom stereocenters. The average Bonchev–Trinajstić information content (AvgIpc) is 2.28. The molecule has 0 unspecified atom stereocenters. The number of esters is 1. The molecule has 0 amide bonds. The van der Waals surface area contributed by atoms with Gasteiger partial charge in [-0.25, -0.2) is 11.4 Å². The number of nitro groups is 1. The lowest BCUT2D eigenvalue weighted by molar-refractivity contribution is -0.383. The summed E-state index contributed by atoms with van der Waals surface area (Å²) in [5.74, 6) is -0.869. The van der Waals surface area contributed by atoms with Crippen molar-refractivity contribution in [1.82, 2.24) is 0 Å². The second-order valence-electron chi connectivity index (χ2n) is 2.87. The van der Waals surface area contributed by atoms with Gasteiger partial charge in [0.15, 0.2) is 0 Å². The van der Waals surface area contributed by atoms with Crippen LogP contribution in [0, 0.1) is 16.7 Å². The summed E-state index contributed by atoms with van der Waals surface area (Å²) in [7, 11) is 0. The highest BCUT2D eigenvalue weighted by Crippen LogP contribution is 2.31. The van der Waals surface area contributed by atoms with E-state index in [2.05, 4.69) is 9.58 Å². The number of hydrogen-bond acceptors (Lipinski definition) is 5. The smallest absolute Gasteiger partial charge is 0.359 e. The molecular weight excluding hydrogens is 250 g/mol. The van der Waals surface area contributed by atoms with Crippen LogP contribution in [0.15, 0.2) is 12.1 Å². The van der Waals surface area contributed by atoms with Gasteiger partial charge in [-0.15, -0.1) is 0 Å². The van der Waals surface area contributed by atoms with E-state index in [4.69, 9.17) is 23.9 Å². The number of nitrogens with two attached hydrogens (primary N) is 1. The number of nitrogen functional groups attached to an aromatic ring is 1. The summed E-state index contributed by atoms with van der Waals surface area (Å²) < 4.78 is 4.49. The van der Waals surface area contributed by atoms with Crippen molar-refractivity contribution >= 4 is 28.9 Å². The second-order valence-corrected chi connectivity index (χ2v) is 3.27. The summed E-state index contributed by atoms with van der Waals surface area (Å²) in [6.45, 7) is 5.98. The molecule has 8 heteroatoms. The Morgan fingerprint density at radius 3 is 2.82 bits per heavy atom. The van der Waals surface area contributed by atoms with Crippen molar-refractivity contribution in [2.75, 3.05) is 12.5 Å². The maximum atomic E-state index is 11.4. The monoisotopic (exact) mass is 255 g/mol. The Labute approximate surface area is 101 Å². The van der Waals surface area contributed by atoms with Gasteiger partial charge < -0.3 is 10.5 Å². The van der Waals surface area contributed by atoms with Crippen LogP contribution in [0.2, 0.25) is 5.02 Å². The summed E-state index contributed by atoms with van der Waals surface area (Å²) in [6, 6.07) is 2.10. The fraction of sp³-hybridized carbons (Fsp3) is 0.111. The first kappa shape index (κ1) is 12.7. The van der Waals surface area contributed by atoms with Crippen molar-refractivity contribution < 1.29 is 14.5 Å². The van der Waals surface area contributed by atoms with Crippen LogP contribution < -0.4 is 5.73 Å². The van der Waals surface area contributed by atoms with E-state index in [-0.39, 0.29) is 16.3 Å². The first-order chi connectivity index (χ1) is 7.97. The second kappa shape index (κ2) is 5.14. The topological polar surface area (TPSA) is 99.8 Å². The number of nitrogens with zero attached hydrogens (tertiary/aromatic N) is 2. The summed E-state index contributed by atoms with van der Waals surface area (Å²) in [5.41, 5.74) is 4.55. The Balaban J connectivity index is 3.15. The van der Waals surface area contributed by atoms with Gasteiger partial charge in [-0.05, 0) is 6.07 Å². The lowest BCUT2D eigenvalue weighted by Gasteiger charge is -2.03. The number of halogens is 1. The molecule has 0 fully saturated rings. The number of carbonyl (C=O) groups is 1. The van der Waals surface area contributed by atoms with Crippen molar-refractivity contribution in [3.63, 3.8) is 0 Å². The average molecular weight is 256 g/mol. The van der Waals surface area contributed by atoms with Crippen molar-refractivity contribution in [3.8, 4) is 0 Å². The number of nitro benzene ring substituents is 1. The predicted octanol–water partition coefficient (Wildman–Crippen LogP) is 1.86. The largest absolute Gasteiger partial charge is 0.392 e. The molecule has 0 saturated carbocycles. The highest BCUT2D eigenvalue weighted by molar-refractivity contribution is 6.34. The molecule has 88 valence electrons. The molecule has 0 saturated heterocycles. The lowest BCUT2D eigenvalue weighted by Crippen LogP contribution is -2.06. The number of carbonyl (C=O) groups excluding carboxylic acids is 1. The molecule has 0 aliphatic heterocycles. The maximum Gasteiger partial charge on any atom is 0.359 e. The van der Waals surface area contributed by atoms with E-state index in [1.54, 1.807) is 0 Å². The third-order valence-corrected chi connectivity index (χ3v) is 2.11. The van der Waals surface area contributed by atoms with E-state index in [9.17, 15) is 14.9 Å². The minimum atomic E-state index is -0.869. The zero-order valence-corrected chi connectivity index (χ0v) is 9.10. The zero-order chi connectivity index (χ0) is 13.0. The summed E-state index contributed by atoms with van der Waals surface area (Å²) in [6.07, 6.45) is 0. The van der Waals surface area contributed by atoms with Crippen LogP contribution in [-0.2, 0) is 4.74 Å². The summed E-state index contributed by atoms with van der Waals surface area (Å²) in [4.78, 5) is 24.0. The van der Waals surface area contributed by atoms with Crippen molar-refractivity contribution in [1.29, 1.82) is 0 Å². The Morgan fingerprint density at radius 2 is 2.29 bits per heavy atom. The summed E-state index contributed by atoms with van der Waals surface area (Å²) in [5, 5.41) is 10.5. The van der Waals surface area contributed by atoms with Gasteiger partial charge >= 0.3 is 12.7 Å². The molecule has 7 nitrogen and oxygen atoms in total.